The van der Waals surface area contributed by atoms with Crippen molar-refractivity contribution in [2.45, 2.75) is 19.6 Å². The molecule has 1 aliphatic rings. The molecule has 32 heavy (non-hydrogen) atoms. The molecule has 0 aliphatic carbocycles. The molecule has 0 bridgehead atoms. The Labute approximate surface area is 208 Å². The van der Waals surface area contributed by atoms with Crippen molar-refractivity contribution in [3.63, 3.8) is 0 Å². The first kappa shape index (κ1) is 26.1. The van der Waals surface area contributed by atoms with Gasteiger partial charge in [0.15, 0.2) is 17.5 Å². The van der Waals surface area contributed by atoms with E-state index in [0.717, 1.165) is 37.6 Å². The van der Waals surface area contributed by atoms with Gasteiger partial charge >= 0.3 is 0 Å². The van der Waals surface area contributed by atoms with E-state index in [1.54, 1.807) is 21.3 Å². The van der Waals surface area contributed by atoms with Crippen molar-refractivity contribution < 1.29 is 18.9 Å². The minimum atomic E-state index is 0. The van der Waals surface area contributed by atoms with Gasteiger partial charge in [-0.3, -0.25) is 4.99 Å². The molecule has 3 rings (SSSR count). The minimum absolute atomic E-state index is 0. The van der Waals surface area contributed by atoms with Gasteiger partial charge in [0.05, 0.1) is 34.5 Å². The van der Waals surface area contributed by atoms with E-state index in [1.165, 1.54) is 5.56 Å². The lowest BCUT2D eigenvalue weighted by Gasteiger charge is -2.22. The maximum atomic E-state index is 5.94. The monoisotopic (exact) mass is 555 g/mol. The zero-order chi connectivity index (χ0) is 22.1. The van der Waals surface area contributed by atoms with Crippen LogP contribution in [0.3, 0.4) is 0 Å². The molecule has 1 N–H and O–H groups in total. The van der Waals surface area contributed by atoms with Crippen LogP contribution >= 0.6 is 24.0 Å². The van der Waals surface area contributed by atoms with Crippen molar-refractivity contribution in [1.29, 1.82) is 0 Å². The molecule has 1 saturated heterocycles. The van der Waals surface area contributed by atoms with Gasteiger partial charge in [-0.05, 0) is 29.7 Å². The lowest BCUT2D eigenvalue weighted by atomic mass is 10.1. The van der Waals surface area contributed by atoms with Crippen molar-refractivity contribution in [3.05, 3.63) is 53.6 Å². The Morgan fingerprint density at radius 2 is 1.72 bits per heavy atom. The molecule has 0 spiro atoms. The van der Waals surface area contributed by atoms with E-state index in [2.05, 4.69) is 27.3 Å². The number of nitrogens with zero attached hydrogens (tertiary/aromatic N) is 2. The highest BCUT2D eigenvalue weighted by Gasteiger charge is 2.25. The smallest absolute Gasteiger partial charge is 0.203 e. The van der Waals surface area contributed by atoms with Crippen LogP contribution in [0.5, 0.6) is 17.2 Å². The average molecular weight is 555 g/mol. The van der Waals surface area contributed by atoms with Crippen LogP contribution in [0.25, 0.3) is 0 Å². The summed E-state index contributed by atoms with van der Waals surface area (Å²) in [5.74, 6) is 3.27. The number of aliphatic imine (C=N–C) groups is 1. The number of guanidine groups is 1. The molecule has 1 atom stereocenters. The van der Waals surface area contributed by atoms with Gasteiger partial charge in [-0.1, -0.05) is 30.3 Å². The van der Waals surface area contributed by atoms with Crippen molar-refractivity contribution in [1.82, 2.24) is 10.2 Å². The van der Waals surface area contributed by atoms with Crippen LogP contribution in [0.4, 0.5) is 0 Å². The third kappa shape index (κ3) is 6.90. The molecular weight excluding hydrogens is 521 g/mol. The topological polar surface area (TPSA) is 64.6 Å². The average Bonchev–Trinajstić information content (AvgIpc) is 3.28. The van der Waals surface area contributed by atoms with Gasteiger partial charge in [0.1, 0.15) is 0 Å². The highest BCUT2D eigenvalue weighted by Crippen LogP contribution is 2.38. The molecule has 1 aliphatic heterocycles. The highest BCUT2D eigenvalue weighted by molar-refractivity contribution is 14.0. The minimum Gasteiger partial charge on any atom is -0.493 e. The van der Waals surface area contributed by atoms with E-state index in [9.17, 15) is 0 Å². The molecule has 0 aromatic heterocycles. The number of ether oxygens (including phenoxy) is 4. The lowest BCUT2D eigenvalue weighted by molar-refractivity contribution is 0.0906. The Kier molecular flexibility index (Phi) is 10.9. The Hall–Kier alpha value is -2.20. The maximum absolute atomic E-state index is 5.94. The Bertz CT molecular complexity index is 839. The number of halogens is 1. The highest BCUT2D eigenvalue weighted by atomic mass is 127. The lowest BCUT2D eigenvalue weighted by Crippen LogP contribution is -2.39. The summed E-state index contributed by atoms with van der Waals surface area (Å²) in [5, 5.41) is 3.45. The van der Waals surface area contributed by atoms with E-state index in [-0.39, 0.29) is 24.0 Å². The largest absolute Gasteiger partial charge is 0.493 e. The summed E-state index contributed by atoms with van der Waals surface area (Å²) in [6.45, 7) is 3.92. The summed E-state index contributed by atoms with van der Waals surface area (Å²) in [4.78, 5) is 6.76. The molecule has 1 fully saturated rings. The van der Waals surface area contributed by atoms with Crippen LogP contribution in [0.2, 0.25) is 0 Å². The molecule has 0 radical (unpaired) electrons. The summed E-state index contributed by atoms with van der Waals surface area (Å²) >= 11 is 0. The standard InChI is InChI=1S/C24H33N3O4.HI/c1-25-24(26-14-20-12-21(28-2)23(30-4)22(13-20)29-3)27-11-10-19(15-27)17-31-16-18-8-6-5-7-9-18;/h5-9,12-13,19H,10-11,14-17H2,1-4H3,(H,25,26);1H. The molecular formula is C24H34IN3O4. The van der Waals surface area contributed by atoms with Crippen LogP contribution in [0.1, 0.15) is 17.5 Å². The van der Waals surface area contributed by atoms with E-state index in [1.807, 2.05) is 37.4 Å². The second-order valence-corrected chi connectivity index (χ2v) is 7.54. The molecule has 8 heteroatoms. The molecule has 176 valence electrons. The number of rotatable bonds is 9. The van der Waals surface area contributed by atoms with Crippen molar-refractivity contribution in [2.75, 3.05) is 48.1 Å². The third-order valence-electron chi connectivity index (χ3n) is 5.44. The summed E-state index contributed by atoms with van der Waals surface area (Å²) < 4.78 is 22.2. The van der Waals surface area contributed by atoms with Crippen LogP contribution in [0, 0.1) is 5.92 Å². The predicted octanol–water partition coefficient (Wildman–Crippen LogP) is 3.94. The van der Waals surface area contributed by atoms with Gasteiger partial charge < -0.3 is 29.2 Å². The second kappa shape index (κ2) is 13.4. The van der Waals surface area contributed by atoms with Crippen LogP contribution in [-0.4, -0.2) is 58.9 Å². The zero-order valence-electron chi connectivity index (χ0n) is 19.3. The van der Waals surface area contributed by atoms with Crippen LogP contribution in [0.15, 0.2) is 47.5 Å². The van der Waals surface area contributed by atoms with Gasteiger partial charge in [0, 0.05) is 32.6 Å². The number of hydrogen-bond acceptors (Lipinski definition) is 5. The number of hydrogen-bond donors (Lipinski definition) is 1. The molecule has 2 aromatic rings. The molecule has 1 unspecified atom stereocenters. The van der Waals surface area contributed by atoms with Gasteiger partial charge in [-0.15, -0.1) is 24.0 Å². The quantitative estimate of drug-likeness (QED) is 0.288. The van der Waals surface area contributed by atoms with Crippen LogP contribution in [-0.2, 0) is 17.9 Å². The predicted molar refractivity (Wildman–Crippen MR) is 137 cm³/mol. The molecule has 1 heterocycles. The molecule has 0 saturated carbocycles. The fourth-order valence-corrected chi connectivity index (χ4v) is 3.83. The van der Waals surface area contributed by atoms with Gasteiger partial charge in [-0.25, -0.2) is 0 Å². The van der Waals surface area contributed by atoms with E-state index < -0.39 is 0 Å². The summed E-state index contributed by atoms with van der Waals surface area (Å²) in [5.41, 5.74) is 2.23. The van der Waals surface area contributed by atoms with E-state index >= 15 is 0 Å². The fourth-order valence-electron chi connectivity index (χ4n) is 3.83. The molecule has 0 amide bonds. The van der Waals surface area contributed by atoms with E-state index in [0.29, 0.717) is 36.3 Å². The van der Waals surface area contributed by atoms with E-state index in [4.69, 9.17) is 18.9 Å². The van der Waals surface area contributed by atoms with Gasteiger partial charge in [0.25, 0.3) is 0 Å². The first-order chi connectivity index (χ1) is 15.2. The summed E-state index contributed by atoms with van der Waals surface area (Å²) in [6.07, 6.45) is 1.10. The SMILES string of the molecule is CN=C(NCc1cc(OC)c(OC)c(OC)c1)N1CCC(COCc2ccccc2)C1.I. The van der Waals surface area contributed by atoms with Gasteiger partial charge in [0.2, 0.25) is 5.75 Å². The van der Waals surface area contributed by atoms with Crippen molar-refractivity contribution >= 4 is 29.9 Å². The summed E-state index contributed by atoms with van der Waals surface area (Å²) in [7, 11) is 6.67. The van der Waals surface area contributed by atoms with Crippen LogP contribution < -0.4 is 19.5 Å². The number of benzene rings is 2. The third-order valence-corrected chi connectivity index (χ3v) is 5.44. The number of nitrogens with one attached hydrogen (secondary N) is 1. The van der Waals surface area contributed by atoms with Gasteiger partial charge in [-0.2, -0.15) is 0 Å². The zero-order valence-corrected chi connectivity index (χ0v) is 21.6. The number of likely N-dealkylation sites (tertiary alicyclic amines) is 1. The second-order valence-electron chi connectivity index (χ2n) is 7.54. The Balaban J connectivity index is 0.00000363. The Morgan fingerprint density at radius 1 is 1.03 bits per heavy atom. The first-order valence-electron chi connectivity index (χ1n) is 10.5. The maximum Gasteiger partial charge on any atom is 0.203 e. The number of methoxy groups -OCH3 is 3. The molecule has 7 nitrogen and oxygen atoms in total. The first-order valence-corrected chi connectivity index (χ1v) is 10.5. The fraction of sp³-hybridized carbons (Fsp3) is 0.458. The Morgan fingerprint density at radius 3 is 2.31 bits per heavy atom. The molecule has 2 aromatic carbocycles. The summed E-state index contributed by atoms with van der Waals surface area (Å²) in [6, 6.07) is 14.2. The van der Waals surface area contributed by atoms with Crippen molar-refractivity contribution in [3.8, 4) is 17.2 Å². The normalized spacial score (nSPS) is 15.8. The van der Waals surface area contributed by atoms with Crippen molar-refractivity contribution in [2.24, 2.45) is 10.9 Å².